The summed E-state index contributed by atoms with van der Waals surface area (Å²) in [6.07, 6.45) is 4.18. The molecule has 2 aliphatic rings. The summed E-state index contributed by atoms with van der Waals surface area (Å²) in [5.74, 6) is 0.298. The van der Waals surface area contributed by atoms with Gasteiger partial charge in [0.15, 0.2) is 0 Å². The maximum Gasteiger partial charge on any atom is 0.222 e. The first-order valence-electron chi connectivity index (χ1n) is 5.96. The minimum Gasteiger partial charge on any atom is -0.376 e. The van der Waals surface area contributed by atoms with E-state index in [9.17, 15) is 4.79 Å². The predicted molar refractivity (Wildman–Crippen MR) is 57.7 cm³/mol. The molecular weight excluding hydrogens is 192 g/mol. The zero-order valence-corrected chi connectivity index (χ0v) is 9.21. The molecule has 0 saturated carbocycles. The molecule has 2 aliphatic heterocycles. The quantitative estimate of drug-likeness (QED) is 0.719. The third kappa shape index (κ3) is 3.18. The topological polar surface area (TPSA) is 41.6 Å². The number of hydrogen-bond acceptors (Lipinski definition) is 3. The van der Waals surface area contributed by atoms with Gasteiger partial charge in [-0.1, -0.05) is 0 Å². The van der Waals surface area contributed by atoms with Crippen LogP contribution in [0.3, 0.4) is 0 Å². The molecule has 0 aromatic heterocycles. The van der Waals surface area contributed by atoms with Crippen LogP contribution in [0.2, 0.25) is 0 Å². The second-order valence-corrected chi connectivity index (χ2v) is 4.33. The summed E-state index contributed by atoms with van der Waals surface area (Å²) in [5.41, 5.74) is 0. The van der Waals surface area contributed by atoms with E-state index in [-0.39, 0.29) is 6.10 Å². The molecule has 1 unspecified atom stereocenters. The molecule has 15 heavy (non-hydrogen) atoms. The number of carbonyl (C=O) groups excluding carboxylic acids is 1. The van der Waals surface area contributed by atoms with Gasteiger partial charge >= 0.3 is 0 Å². The smallest absolute Gasteiger partial charge is 0.222 e. The Hall–Kier alpha value is -0.610. The standard InChI is InChI=1S/C11H20N2O2/c14-11-4-1-5-12-6-7-13(11)9-10-3-2-8-15-10/h10,12H,1-9H2. The zero-order chi connectivity index (χ0) is 10.5. The largest absolute Gasteiger partial charge is 0.376 e. The molecule has 0 aromatic carbocycles. The van der Waals surface area contributed by atoms with Gasteiger partial charge in [-0.15, -0.1) is 0 Å². The van der Waals surface area contributed by atoms with Crippen molar-refractivity contribution in [3.8, 4) is 0 Å². The van der Waals surface area contributed by atoms with Gasteiger partial charge in [-0.2, -0.15) is 0 Å². The summed E-state index contributed by atoms with van der Waals surface area (Å²) in [5, 5.41) is 3.33. The molecule has 4 heteroatoms. The molecule has 4 nitrogen and oxygen atoms in total. The maximum absolute atomic E-state index is 11.8. The minimum absolute atomic E-state index is 0.286. The van der Waals surface area contributed by atoms with Crippen LogP contribution in [0.5, 0.6) is 0 Å². The van der Waals surface area contributed by atoms with Crippen LogP contribution in [-0.2, 0) is 9.53 Å². The Labute approximate surface area is 91.0 Å². The molecule has 2 rings (SSSR count). The third-order valence-corrected chi connectivity index (χ3v) is 3.10. The van der Waals surface area contributed by atoms with Crippen molar-refractivity contribution >= 4 is 5.91 Å². The second kappa shape index (κ2) is 5.47. The van der Waals surface area contributed by atoms with Crippen molar-refractivity contribution < 1.29 is 9.53 Å². The Morgan fingerprint density at radius 3 is 3.13 bits per heavy atom. The number of carbonyl (C=O) groups is 1. The van der Waals surface area contributed by atoms with E-state index in [4.69, 9.17) is 4.74 Å². The fraction of sp³-hybridized carbons (Fsp3) is 0.909. The minimum atomic E-state index is 0.286. The van der Waals surface area contributed by atoms with E-state index < -0.39 is 0 Å². The van der Waals surface area contributed by atoms with Crippen LogP contribution in [0.1, 0.15) is 25.7 Å². The molecule has 0 spiro atoms. The normalized spacial score (nSPS) is 28.9. The molecule has 0 radical (unpaired) electrons. The van der Waals surface area contributed by atoms with Crippen molar-refractivity contribution in [1.82, 2.24) is 10.2 Å². The molecule has 0 aliphatic carbocycles. The highest BCUT2D eigenvalue weighted by Crippen LogP contribution is 2.14. The van der Waals surface area contributed by atoms with E-state index in [0.29, 0.717) is 12.3 Å². The summed E-state index contributed by atoms with van der Waals surface area (Å²) in [7, 11) is 0. The number of hydrogen-bond donors (Lipinski definition) is 1. The number of rotatable bonds is 2. The van der Waals surface area contributed by atoms with Crippen molar-refractivity contribution in [3.05, 3.63) is 0 Å². The van der Waals surface area contributed by atoms with E-state index in [2.05, 4.69) is 5.32 Å². The zero-order valence-electron chi connectivity index (χ0n) is 9.21. The summed E-state index contributed by atoms with van der Waals surface area (Å²) in [6, 6.07) is 0. The average Bonchev–Trinajstić information content (AvgIpc) is 2.70. The Morgan fingerprint density at radius 1 is 1.40 bits per heavy atom. The Morgan fingerprint density at radius 2 is 2.33 bits per heavy atom. The molecule has 86 valence electrons. The lowest BCUT2D eigenvalue weighted by Crippen LogP contribution is -2.43. The van der Waals surface area contributed by atoms with Gasteiger partial charge in [-0.3, -0.25) is 4.79 Å². The van der Waals surface area contributed by atoms with Crippen LogP contribution < -0.4 is 5.32 Å². The fourth-order valence-electron chi connectivity index (χ4n) is 2.21. The number of amides is 1. The maximum atomic E-state index is 11.8. The summed E-state index contributed by atoms with van der Waals surface area (Å²) >= 11 is 0. The van der Waals surface area contributed by atoms with Crippen LogP contribution in [0, 0.1) is 0 Å². The van der Waals surface area contributed by atoms with Gasteiger partial charge < -0.3 is 15.0 Å². The first-order valence-corrected chi connectivity index (χ1v) is 5.96. The molecule has 2 heterocycles. The van der Waals surface area contributed by atoms with Crippen molar-refractivity contribution in [2.45, 2.75) is 31.8 Å². The van der Waals surface area contributed by atoms with Crippen molar-refractivity contribution in [1.29, 1.82) is 0 Å². The molecule has 2 fully saturated rings. The van der Waals surface area contributed by atoms with Crippen molar-refractivity contribution in [2.24, 2.45) is 0 Å². The van der Waals surface area contributed by atoms with Crippen molar-refractivity contribution in [3.63, 3.8) is 0 Å². The van der Waals surface area contributed by atoms with E-state index in [0.717, 1.165) is 52.0 Å². The first-order chi connectivity index (χ1) is 7.36. The Kier molecular flexibility index (Phi) is 3.97. The number of ether oxygens (including phenoxy) is 1. The lowest BCUT2D eigenvalue weighted by atomic mass is 10.2. The lowest BCUT2D eigenvalue weighted by Gasteiger charge is -2.27. The van der Waals surface area contributed by atoms with Gasteiger partial charge in [-0.05, 0) is 25.8 Å². The van der Waals surface area contributed by atoms with Gasteiger partial charge in [0, 0.05) is 32.7 Å². The molecule has 0 bridgehead atoms. The van der Waals surface area contributed by atoms with Gasteiger partial charge in [-0.25, -0.2) is 0 Å². The fourth-order valence-corrected chi connectivity index (χ4v) is 2.21. The monoisotopic (exact) mass is 212 g/mol. The van der Waals surface area contributed by atoms with Crippen molar-refractivity contribution in [2.75, 3.05) is 32.8 Å². The Balaban J connectivity index is 1.83. The Bertz CT molecular complexity index is 215. The summed E-state index contributed by atoms with van der Waals surface area (Å²) in [4.78, 5) is 13.8. The van der Waals surface area contributed by atoms with Gasteiger partial charge in [0.25, 0.3) is 0 Å². The van der Waals surface area contributed by atoms with Crippen LogP contribution in [0.15, 0.2) is 0 Å². The van der Waals surface area contributed by atoms with E-state index >= 15 is 0 Å². The molecule has 1 atom stereocenters. The van der Waals surface area contributed by atoms with Crippen LogP contribution in [-0.4, -0.2) is 49.7 Å². The summed E-state index contributed by atoms with van der Waals surface area (Å²) < 4.78 is 5.56. The predicted octanol–water partition coefficient (Wildman–Crippen LogP) is 0.377. The van der Waals surface area contributed by atoms with Crippen LogP contribution in [0.25, 0.3) is 0 Å². The second-order valence-electron chi connectivity index (χ2n) is 4.33. The molecular formula is C11H20N2O2. The molecule has 1 amide bonds. The van der Waals surface area contributed by atoms with Gasteiger partial charge in [0.05, 0.1) is 6.10 Å². The number of nitrogens with one attached hydrogen (secondary N) is 1. The highest BCUT2D eigenvalue weighted by atomic mass is 16.5. The third-order valence-electron chi connectivity index (χ3n) is 3.10. The van der Waals surface area contributed by atoms with E-state index in [1.54, 1.807) is 0 Å². The lowest BCUT2D eigenvalue weighted by molar-refractivity contribution is -0.133. The molecule has 2 saturated heterocycles. The van der Waals surface area contributed by atoms with Crippen LogP contribution in [0.4, 0.5) is 0 Å². The highest BCUT2D eigenvalue weighted by Gasteiger charge is 2.22. The van der Waals surface area contributed by atoms with Gasteiger partial charge in [0.1, 0.15) is 0 Å². The van der Waals surface area contributed by atoms with E-state index in [1.165, 1.54) is 0 Å². The van der Waals surface area contributed by atoms with E-state index in [1.807, 2.05) is 4.90 Å². The average molecular weight is 212 g/mol. The van der Waals surface area contributed by atoms with Crippen LogP contribution >= 0.6 is 0 Å². The highest BCUT2D eigenvalue weighted by molar-refractivity contribution is 5.76. The summed E-state index contributed by atoms with van der Waals surface area (Å²) in [6.45, 7) is 4.38. The van der Waals surface area contributed by atoms with Gasteiger partial charge in [0.2, 0.25) is 5.91 Å². The molecule has 0 aromatic rings. The first kappa shape index (κ1) is 10.9. The SMILES string of the molecule is O=C1CCCNCCN1CC1CCCO1. The molecule has 1 N–H and O–H groups in total. The number of nitrogens with zero attached hydrogens (tertiary/aromatic N) is 1.